The Kier molecular flexibility index (Phi) is 3.87. The number of nitrogens with zero attached hydrogens (tertiary/aromatic N) is 5. The minimum atomic E-state index is -0.838. The molecule has 3 rings (SSSR count). The summed E-state index contributed by atoms with van der Waals surface area (Å²) in [5, 5.41) is 10.7. The number of carbonyl (C=O) groups excluding carboxylic acids is 3. The van der Waals surface area contributed by atoms with E-state index in [0.717, 1.165) is 4.90 Å². The van der Waals surface area contributed by atoms with Crippen LogP contribution < -0.4 is 0 Å². The van der Waals surface area contributed by atoms with Crippen LogP contribution in [0.5, 0.6) is 0 Å². The summed E-state index contributed by atoms with van der Waals surface area (Å²) in [5.74, 6) is -0.519. The van der Waals surface area contributed by atoms with Gasteiger partial charge in [-0.1, -0.05) is 0 Å². The summed E-state index contributed by atoms with van der Waals surface area (Å²) < 4.78 is 1.45. The largest absolute Gasteiger partial charge is 0.333 e. The summed E-state index contributed by atoms with van der Waals surface area (Å²) in [6, 6.07) is 3.89. The number of non-ortho nitro benzene ring substituents is 1. The number of hydrogen-bond acceptors (Lipinski definition) is 6. The summed E-state index contributed by atoms with van der Waals surface area (Å²) >= 11 is 0. The standard InChI is InChI=1S/C15H14N5O5/c1-17-13-12(14(22)18(2)15(17)23)19(8-16-13)7-11(21)9-3-5-10(6-4-9)20(24)25/h3-6,8,12H,7H2,1-2H3/q+1. The second-order valence-electron chi connectivity index (χ2n) is 5.64. The second kappa shape index (κ2) is 5.89. The normalized spacial score (nSPS) is 19.5. The van der Waals surface area contributed by atoms with E-state index in [4.69, 9.17) is 0 Å². The van der Waals surface area contributed by atoms with Gasteiger partial charge >= 0.3 is 6.03 Å². The third kappa shape index (κ3) is 2.67. The maximum Gasteiger partial charge on any atom is 0.333 e. The first-order valence-electron chi connectivity index (χ1n) is 7.31. The summed E-state index contributed by atoms with van der Waals surface area (Å²) in [6.45, 7) is -0.142. The Hall–Kier alpha value is -3.43. The van der Waals surface area contributed by atoms with Gasteiger partial charge in [-0.15, -0.1) is 0 Å². The molecule has 2 heterocycles. The zero-order valence-electron chi connectivity index (χ0n) is 13.4. The molecule has 0 aromatic heterocycles. The van der Waals surface area contributed by atoms with Gasteiger partial charge in [0.05, 0.1) is 4.92 Å². The number of carbonyl (C=O) groups is 3. The zero-order valence-corrected chi connectivity index (χ0v) is 13.4. The predicted molar refractivity (Wildman–Crippen MR) is 85.8 cm³/mol. The Bertz CT molecular complexity index is 858. The fourth-order valence-electron chi connectivity index (χ4n) is 2.70. The number of ketones is 1. The van der Waals surface area contributed by atoms with Gasteiger partial charge in [0.15, 0.2) is 0 Å². The smallest absolute Gasteiger partial charge is 0.290 e. The van der Waals surface area contributed by atoms with E-state index < -0.39 is 22.9 Å². The molecule has 0 N–H and O–H groups in total. The highest BCUT2D eigenvalue weighted by atomic mass is 16.6. The molecule has 128 valence electrons. The van der Waals surface area contributed by atoms with Crippen LogP contribution in [0.4, 0.5) is 10.5 Å². The number of hydrogen-bond donors (Lipinski definition) is 0. The van der Waals surface area contributed by atoms with Gasteiger partial charge in [-0.25, -0.2) is 9.37 Å². The molecule has 0 aliphatic carbocycles. The maximum absolute atomic E-state index is 12.4. The number of nitro groups is 1. The third-order valence-electron chi connectivity index (χ3n) is 4.12. The van der Waals surface area contributed by atoms with E-state index in [9.17, 15) is 24.5 Å². The molecule has 1 fully saturated rings. The van der Waals surface area contributed by atoms with E-state index >= 15 is 0 Å². The Balaban J connectivity index is 1.78. The Morgan fingerprint density at radius 2 is 1.88 bits per heavy atom. The molecule has 0 radical (unpaired) electrons. The van der Waals surface area contributed by atoms with Crippen LogP contribution in [-0.2, 0) is 4.79 Å². The van der Waals surface area contributed by atoms with Gasteiger partial charge in [0.25, 0.3) is 29.8 Å². The van der Waals surface area contributed by atoms with Crippen LogP contribution in [0, 0.1) is 10.1 Å². The molecule has 1 atom stereocenters. The van der Waals surface area contributed by atoms with Crippen molar-refractivity contribution in [2.75, 3.05) is 20.6 Å². The van der Waals surface area contributed by atoms with Gasteiger partial charge in [-0.2, -0.15) is 0 Å². The van der Waals surface area contributed by atoms with Crippen molar-refractivity contribution in [3.63, 3.8) is 0 Å². The van der Waals surface area contributed by atoms with Gasteiger partial charge < -0.3 is 0 Å². The number of fused-ring (bicyclic) bond motifs is 1. The van der Waals surface area contributed by atoms with E-state index in [1.807, 2.05) is 0 Å². The van der Waals surface area contributed by atoms with Crippen LogP contribution in [0.2, 0.25) is 0 Å². The minimum Gasteiger partial charge on any atom is -0.290 e. The van der Waals surface area contributed by atoms with Gasteiger partial charge in [0.2, 0.25) is 5.78 Å². The molecule has 10 heteroatoms. The van der Waals surface area contributed by atoms with Crippen LogP contribution in [0.25, 0.3) is 0 Å². The molecule has 2 aliphatic heterocycles. The first-order chi connectivity index (χ1) is 11.8. The van der Waals surface area contributed by atoms with Crippen LogP contribution in [0.15, 0.2) is 29.3 Å². The number of aliphatic imine (C=N–C) groups is 1. The van der Waals surface area contributed by atoms with Gasteiger partial charge in [0, 0.05) is 31.8 Å². The second-order valence-corrected chi connectivity index (χ2v) is 5.64. The predicted octanol–water partition coefficient (Wildman–Crippen LogP) is 0.123. The highest BCUT2D eigenvalue weighted by Crippen LogP contribution is 2.18. The number of amides is 3. The van der Waals surface area contributed by atoms with E-state index in [2.05, 4.69) is 4.99 Å². The van der Waals surface area contributed by atoms with Crippen molar-refractivity contribution in [2.45, 2.75) is 6.04 Å². The lowest BCUT2D eigenvalue weighted by Crippen LogP contribution is -2.61. The number of benzene rings is 1. The molecule has 3 amide bonds. The fourth-order valence-corrected chi connectivity index (χ4v) is 2.70. The summed E-state index contributed by atoms with van der Waals surface area (Å²) in [4.78, 5) is 53.1. The number of nitro benzene ring substituents is 1. The van der Waals surface area contributed by atoms with Crippen molar-refractivity contribution >= 4 is 35.6 Å². The third-order valence-corrected chi connectivity index (χ3v) is 4.12. The highest BCUT2D eigenvalue weighted by molar-refractivity contribution is 6.21. The van der Waals surface area contributed by atoms with Crippen LogP contribution >= 0.6 is 0 Å². The molecule has 0 bridgehead atoms. The molecule has 25 heavy (non-hydrogen) atoms. The van der Waals surface area contributed by atoms with Crippen molar-refractivity contribution in [2.24, 2.45) is 4.99 Å². The molecule has 10 nitrogen and oxygen atoms in total. The van der Waals surface area contributed by atoms with Crippen molar-refractivity contribution in [1.29, 1.82) is 0 Å². The van der Waals surface area contributed by atoms with Crippen LogP contribution in [0.3, 0.4) is 0 Å². The summed E-state index contributed by atoms with van der Waals surface area (Å²) in [5.41, 5.74) is 0.174. The lowest BCUT2D eigenvalue weighted by Gasteiger charge is -2.30. The lowest BCUT2D eigenvalue weighted by molar-refractivity contribution is -0.518. The van der Waals surface area contributed by atoms with Crippen molar-refractivity contribution < 1.29 is 23.9 Å². The summed E-state index contributed by atoms with van der Waals surface area (Å²) in [6.07, 6.45) is 1.35. The zero-order chi connectivity index (χ0) is 18.3. The molecule has 1 saturated heterocycles. The molecule has 0 saturated carbocycles. The lowest BCUT2D eigenvalue weighted by atomic mass is 10.1. The Labute approximate surface area is 141 Å². The van der Waals surface area contributed by atoms with Gasteiger partial charge in [0.1, 0.15) is 6.54 Å². The first kappa shape index (κ1) is 16.4. The van der Waals surface area contributed by atoms with E-state index in [0.29, 0.717) is 0 Å². The van der Waals surface area contributed by atoms with Crippen LogP contribution in [0.1, 0.15) is 10.4 Å². The number of Topliss-reactive ketones (excluding diaryl/α,β-unsaturated/α-hetero) is 1. The number of amidine groups is 1. The molecule has 1 aromatic rings. The number of urea groups is 1. The van der Waals surface area contributed by atoms with Crippen molar-refractivity contribution in [3.05, 3.63) is 39.9 Å². The Morgan fingerprint density at radius 3 is 2.48 bits per heavy atom. The van der Waals surface area contributed by atoms with Crippen molar-refractivity contribution in [1.82, 2.24) is 9.80 Å². The SMILES string of the molecule is CN1C(=O)C2C(=NC=[N+]2CC(=O)c2ccc([N+](=O)[O-])cc2)N(C)C1=O. The number of likely N-dealkylation sites (N-methyl/N-ethyl adjacent to an activating group) is 2. The highest BCUT2D eigenvalue weighted by Gasteiger charge is 2.50. The van der Waals surface area contributed by atoms with Crippen molar-refractivity contribution in [3.8, 4) is 0 Å². The topological polar surface area (TPSA) is 116 Å². The van der Waals surface area contributed by atoms with E-state index in [1.54, 1.807) is 0 Å². The minimum absolute atomic E-state index is 0.112. The van der Waals surface area contributed by atoms with Crippen LogP contribution in [-0.4, -0.2) is 75.9 Å². The molecule has 1 unspecified atom stereocenters. The first-order valence-corrected chi connectivity index (χ1v) is 7.31. The monoisotopic (exact) mass is 344 g/mol. The number of imide groups is 1. The van der Waals surface area contributed by atoms with E-state index in [1.165, 1.54) is 54.2 Å². The average Bonchev–Trinajstić information content (AvgIpc) is 3.01. The summed E-state index contributed by atoms with van der Waals surface area (Å²) in [7, 11) is 2.87. The molecular weight excluding hydrogens is 330 g/mol. The average molecular weight is 344 g/mol. The van der Waals surface area contributed by atoms with Gasteiger partial charge in [-0.3, -0.25) is 29.5 Å². The molecule has 2 aliphatic rings. The fraction of sp³-hybridized carbons (Fsp3) is 0.267. The molecular formula is C15H14N5O5+. The quantitative estimate of drug-likeness (QED) is 0.333. The number of rotatable bonds is 4. The van der Waals surface area contributed by atoms with Gasteiger partial charge in [-0.05, 0) is 17.1 Å². The maximum atomic E-state index is 12.4. The molecule has 1 aromatic carbocycles. The Morgan fingerprint density at radius 1 is 1.24 bits per heavy atom. The molecule has 0 spiro atoms. The van der Waals surface area contributed by atoms with E-state index in [-0.39, 0.29) is 29.4 Å².